The fourth-order valence-corrected chi connectivity index (χ4v) is 5.80. The average Bonchev–Trinajstić information content (AvgIpc) is 3.10. The average molecular weight is 494 g/mol. The van der Waals surface area contributed by atoms with Gasteiger partial charge in [-0.2, -0.15) is 0 Å². The number of rotatable bonds is 14. The molecule has 196 valence electrons. The Hall–Kier alpha value is -2.07. The molecule has 0 radical (unpaired) electrons. The number of ether oxygens (including phenoxy) is 1. The Morgan fingerprint density at radius 1 is 1.23 bits per heavy atom. The number of Topliss-reactive ketones (excluding diaryl/α,β-unsaturated/α-hetero) is 1. The molecule has 9 nitrogen and oxygen atoms in total. The van der Waals surface area contributed by atoms with E-state index in [1.54, 1.807) is 0 Å². The van der Waals surface area contributed by atoms with Gasteiger partial charge in [0, 0.05) is 48.9 Å². The molecule has 0 amide bonds. The van der Waals surface area contributed by atoms with E-state index in [-0.39, 0.29) is 38.1 Å². The van der Waals surface area contributed by atoms with Crippen LogP contribution in [0.4, 0.5) is 0 Å². The topological polar surface area (TPSA) is 153 Å². The van der Waals surface area contributed by atoms with Crippen molar-refractivity contribution in [3.8, 4) is 0 Å². The first-order valence-corrected chi connectivity index (χ1v) is 12.8. The molecule has 0 saturated carbocycles. The maximum Gasteiger partial charge on any atom is 0.303 e. The minimum atomic E-state index is -2.10. The Balaban J connectivity index is 1.66. The summed E-state index contributed by atoms with van der Waals surface area (Å²) in [6, 6.07) is 0. The molecule has 3 aliphatic rings. The number of fused-ring (bicyclic) bond motifs is 1. The summed E-state index contributed by atoms with van der Waals surface area (Å²) in [5.74, 6) is -4.29. The molecule has 2 fully saturated rings. The first-order valence-electron chi connectivity index (χ1n) is 12.8. The second-order valence-electron chi connectivity index (χ2n) is 10.1. The number of nitrogens with one attached hydrogen (secondary N) is 1. The molecule has 1 aliphatic carbocycles. The number of unbranched alkanes of at least 4 members (excludes halogenated alkanes) is 4. The van der Waals surface area contributed by atoms with Crippen molar-refractivity contribution in [2.45, 2.75) is 102 Å². The number of hydrogen-bond donors (Lipinski definition) is 5. The molecule has 0 aromatic carbocycles. The van der Waals surface area contributed by atoms with Crippen LogP contribution in [-0.4, -0.2) is 68.6 Å². The summed E-state index contributed by atoms with van der Waals surface area (Å²) < 4.78 is 5.87. The van der Waals surface area contributed by atoms with E-state index in [1.807, 2.05) is 19.1 Å². The van der Waals surface area contributed by atoms with Crippen LogP contribution in [0.1, 0.15) is 77.6 Å². The molecule has 1 unspecified atom stereocenters. The largest absolute Gasteiger partial charge is 0.481 e. The summed E-state index contributed by atoms with van der Waals surface area (Å²) in [6.45, 7) is 2.25. The lowest BCUT2D eigenvalue weighted by Crippen LogP contribution is -2.63. The van der Waals surface area contributed by atoms with Crippen molar-refractivity contribution >= 4 is 17.5 Å². The second-order valence-corrected chi connectivity index (χ2v) is 10.1. The maximum atomic E-state index is 12.9. The van der Waals surface area contributed by atoms with Gasteiger partial charge >= 0.3 is 5.97 Å². The second kappa shape index (κ2) is 11.8. The summed E-state index contributed by atoms with van der Waals surface area (Å²) in [4.78, 5) is 36.1. The predicted octanol–water partition coefficient (Wildman–Crippen LogP) is 1.99. The van der Waals surface area contributed by atoms with E-state index in [0.29, 0.717) is 25.0 Å². The monoisotopic (exact) mass is 493 g/mol. The Bertz CT molecular complexity index is 854. The molecule has 5 N–H and O–H groups in total. The Labute approximate surface area is 206 Å². The van der Waals surface area contributed by atoms with Crippen molar-refractivity contribution in [2.75, 3.05) is 6.54 Å². The van der Waals surface area contributed by atoms with Crippen LogP contribution in [0.5, 0.6) is 0 Å². The van der Waals surface area contributed by atoms with Crippen LogP contribution in [0.25, 0.3) is 0 Å². The van der Waals surface area contributed by atoms with Crippen molar-refractivity contribution in [3.63, 3.8) is 0 Å². The first kappa shape index (κ1) is 27.5. The molecule has 9 heteroatoms. The zero-order valence-corrected chi connectivity index (χ0v) is 20.4. The van der Waals surface area contributed by atoms with Gasteiger partial charge in [0.05, 0.1) is 12.2 Å². The zero-order chi connectivity index (χ0) is 25.6. The van der Waals surface area contributed by atoms with Crippen LogP contribution in [0.2, 0.25) is 0 Å². The number of carboxylic acid groups (broad SMARTS) is 1. The van der Waals surface area contributed by atoms with Gasteiger partial charge in [-0.3, -0.25) is 14.4 Å². The highest BCUT2D eigenvalue weighted by atomic mass is 16.6. The standard InChI is InChI=1S/C26H39NO8/c1-2-3-7-10-17-20(13-19(29)18(28)11-8-5-4-6-9-12-24(32)33)35-26(34)16-25(17)21(14-22(26)30)27-15-23(25)31/h3,7,14,17-18,20,23,27-28,31,34H,2,4-6,8-13,15-16H2,1H3,(H,32,33)/b7-3-/t17-,18-,20+,23-,25?,26+/m0/s1. The van der Waals surface area contributed by atoms with E-state index in [1.165, 1.54) is 6.08 Å². The predicted molar refractivity (Wildman–Crippen MR) is 127 cm³/mol. The van der Waals surface area contributed by atoms with Gasteiger partial charge in [-0.1, -0.05) is 44.8 Å². The van der Waals surface area contributed by atoms with Crippen LogP contribution in [0.3, 0.4) is 0 Å². The third-order valence-electron chi connectivity index (χ3n) is 7.67. The normalized spacial score (nSPS) is 32.7. The van der Waals surface area contributed by atoms with E-state index in [4.69, 9.17) is 9.84 Å². The highest BCUT2D eigenvalue weighted by molar-refractivity contribution is 5.98. The van der Waals surface area contributed by atoms with Crippen molar-refractivity contribution in [2.24, 2.45) is 11.3 Å². The van der Waals surface area contributed by atoms with Crippen molar-refractivity contribution in [1.82, 2.24) is 5.32 Å². The Morgan fingerprint density at radius 2 is 1.94 bits per heavy atom. The molecule has 1 spiro atoms. The van der Waals surface area contributed by atoms with Crippen molar-refractivity contribution < 1.29 is 39.5 Å². The Kier molecular flexibility index (Phi) is 9.26. The molecule has 6 atom stereocenters. The number of ketones is 2. The molecule has 2 heterocycles. The lowest BCUT2D eigenvalue weighted by atomic mass is 9.58. The molecule has 0 aromatic rings. The van der Waals surface area contributed by atoms with E-state index >= 15 is 0 Å². The summed E-state index contributed by atoms with van der Waals surface area (Å²) >= 11 is 0. The van der Waals surface area contributed by atoms with Gasteiger partial charge in [0.25, 0.3) is 0 Å². The van der Waals surface area contributed by atoms with Gasteiger partial charge in [0.1, 0.15) is 6.10 Å². The molecular formula is C26H39NO8. The van der Waals surface area contributed by atoms with Gasteiger partial charge in [-0.15, -0.1) is 0 Å². The van der Waals surface area contributed by atoms with E-state index in [9.17, 15) is 29.7 Å². The molecular weight excluding hydrogens is 454 g/mol. The van der Waals surface area contributed by atoms with Gasteiger partial charge < -0.3 is 30.5 Å². The number of aliphatic hydroxyl groups excluding tert-OH is 2. The number of allylic oxidation sites excluding steroid dienone is 2. The van der Waals surface area contributed by atoms with Crippen LogP contribution in [0, 0.1) is 11.3 Å². The smallest absolute Gasteiger partial charge is 0.303 e. The highest BCUT2D eigenvalue weighted by Crippen LogP contribution is 2.57. The fraction of sp³-hybridized carbons (Fsp3) is 0.731. The third kappa shape index (κ3) is 6.02. The lowest BCUT2D eigenvalue weighted by molar-refractivity contribution is -0.286. The highest BCUT2D eigenvalue weighted by Gasteiger charge is 2.66. The summed E-state index contributed by atoms with van der Waals surface area (Å²) in [6.07, 6.45) is 7.61. The Morgan fingerprint density at radius 3 is 2.66 bits per heavy atom. The number of aliphatic hydroxyl groups is 3. The van der Waals surface area contributed by atoms with E-state index in [0.717, 1.165) is 25.7 Å². The number of β-amino-alcohol motifs (C(OH)–C–C–N with tert-alkyl or cyclic N) is 1. The summed E-state index contributed by atoms with van der Waals surface area (Å²) in [7, 11) is 0. The number of aliphatic carboxylic acids is 1. The van der Waals surface area contributed by atoms with Crippen molar-refractivity contribution in [1.29, 1.82) is 0 Å². The van der Waals surface area contributed by atoms with Gasteiger partial charge in [0.2, 0.25) is 11.6 Å². The molecule has 0 aromatic heterocycles. The van der Waals surface area contributed by atoms with Crippen LogP contribution in [-0.2, 0) is 19.1 Å². The van der Waals surface area contributed by atoms with Gasteiger partial charge in [0.15, 0.2) is 5.78 Å². The first-order chi connectivity index (χ1) is 16.6. The van der Waals surface area contributed by atoms with Crippen molar-refractivity contribution in [3.05, 3.63) is 23.9 Å². The number of carboxylic acids is 1. The van der Waals surface area contributed by atoms with Gasteiger partial charge in [-0.25, -0.2) is 0 Å². The van der Waals surface area contributed by atoms with Crippen LogP contribution < -0.4 is 5.32 Å². The van der Waals surface area contributed by atoms with E-state index < -0.39 is 47.0 Å². The fourth-order valence-electron chi connectivity index (χ4n) is 5.80. The minimum Gasteiger partial charge on any atom is -0.481 e. The van der Waals surface area contributed by atoms with Gasteiger partial charge in [-0.05, 0) is 25.7 Å². The molecule has 35 heavy (non-hydrogen) atoms. The summed E-state index contributed by atoms with van der Waals surface area (Å²) in [5, 5.41) is 44.3. The quantitative estimate of drug-likeness (QED) is 0.181. The number of carbonyl (C=O) groups is 3. The number of hydrogen-bond acceptors (Lipinski definition) is 8. The summed E-state index contributed by atoms with van der Waals surface area (Å²) in [5.41, 5.74) is -0.344. The zero-order valence-electron chi connectivity index (χ0n) is 20.4. The molecule has 3 rings (SSSR count). The minimum absolute atomic E-state index is 0.0708. The molecule has 2 aliphatic heterocycles. The molecule has 2 saturated heterocycles. The van der Waals surface area contributed by atoms with Crippen LogP contribution in [0.15, 0.2) is 23.9 Å². The number of carbonyl (C=O) groups excluding carboxylic acids is 2. The van der Waals surface area contributed by atoms with Crippen LogP contribution >= 0.6 is 0 Å². The maximum absolute atomic E-state index is 12.9. The third-order valence-corrected chi connectivity index (χ3v) is 7.67. The SMILES string of the molecule is CC/C=C\C[C@H]1[C@@H](CC(=O)[C@@H](O)CCCCCCCC(=O)O)O[C@]2(O)CC13C(=CC2=O)NC[C@@H]3O. The lowest BCUT2D eigenvalue weighted by Gasteiger charge is -2.54. The molecule has 2 bridgehead atoms. The van der Waals surface area contributed by atoms with E-state index in [2.05, 4.69) is 5.32 Å².